The minimum atomic E-state index is -0.105. The second kappa shape index (κ2) is 8.53. The van der Waals surface area contributed by atoms with Gasteiger partial charge in [0.15, 0.2) is 0 Å². The van der Waals surface area contributed by atoms with Crippen LogP contribution in [-0.4, -0.2) is 24.3 Å². The van der Waals surface area contributed by atoms with Crippen molar-refractivity contribution in [3.05, 3.63) is 96.1 Å². The molecule has 0 saturated carbocycles. The molecular formula is C24H22N2O2. The highest BCUT2D eigenvalue weighted by atomic mass is 16.6. The molecule has 28 heavy (non-hydrogen) atoms. The number of amides is 1. The second-order valence-electron chi connectivity index (χ2n) is 6.91. The van der Waals surface area contributed by atoms with Crippen LogP contribution in [0.5, 0.6) is 0 Å². The first-order valence-electron chi connectivity index (χ1n) is 9.47. The molecule has 1 aliphatic rings. The lowest BCUT2D eigenvalue weighted by Gasteiger charge is -2.08. The van der Waals surface area contributed by atoms with Gasteiger partial charge in [0.2, 0.25) is 0 Å². The lowest BCUT2D eigenvalue weighted by Crippen LogP contribution is -2.29. The molecule has 0 aliphatic carbocycles. The van der Waals surface area contributed by atoms with Crippen molar-refractivity contribution in [1.29, 1.82) is 0 Å². The van der Waals surface area contributed by atoms with Gasteiger partial charge < -0.3 is 10.2 Å². The van der Waals surface area contributed by atoms with Gasteiger partial charge >= 0.3 is 0 Å². The van der Waals surface area contributed by atoms with Crippen molar-refractivity contribution in [2.45, 2.75) is 18.9 Å². The van der Waals surface area contributed by atoms with Crippen molar-refractivity contribution in [1.82, 2.24) is 5.32 Å². The number of benzene rings is 3. The van der Waals surface area contributed by atoms with Gasteiger partial charge in [0.25, 0.3) is 5.91 Å². The Bertz CT molecular complexity index is 968. The highest BCUT2D eigenvalue weighted by molar-refractivity contribution is 5.98. The fourth-order valence-corrected chi connectivity index (χ4v) is 3.33. The fraction of sp³-hybridized carbons (Fsp3) is 0.167. The van der Waals surface area contributed by atoms with E-state index in [1.807, 2.05) is 72.8 Å². The highest BCUT2D eigenvalue weighted by Gasteiger charge is 2.21. The molecule has 1 N–H and O–H groups in total. The number of carbonyl (C=O) groups excluding carboxylic acids is 1. The summed E-state index contributed by atoms with van der Waals surface area (Å²) in [7, 11) is 0. The molecule has 140 valence electrons. The van der Waals surface area contributed by atoms with Gasteiger partial charge in [-0.3, -0.25) is 4.79 Å². The summed E-state index contributed by atoms with van der Waals surface area (Å²) in [6.07, 6.45) is 1.59. The number of oxime groups is 1. The molecule has 0 fully saturated rings. The number of hydrogen-bond donors (Lipinski definition) is 1. The maximum Gasteiger partial charge on any atom is 0.251 e. The van der Waals surface area contributed by atoms with Gasteiger partial charge in [0.05, 0.1) is 12.3 Å². The van der Waals surface area contributed by atoms with E-state index >= 15 is 0 Å². The summed E-state index contributed by atoms with van der Waals surface area (Å²) in [5, 5.41) is 7.10. The van der Waals surface area contributed by atoms with Crippen molar-refractivity contribution >= 4 is 11.6 Å². The molecular weight excluding hydrogens is 348 g/mol. The molecule has 1 unspecified atom stereocenters. The zero-order valence-corrected chi connectivity index (χ0v) is 15.5. The number of nitrogens with zero attached hydrogens (tertiary/aromatic N) is 1. The van der Waals surface area contributed by atoms with Crippen LogP contribution in [0, 0.1) is 0 Å². The summed E-state index contributed by atoms with van der Waals surface area (Å²) in [4.78, 5) is 18.1. The smallest absolute Gasteiger partial charge is 0.251 e. The monoisotopic (exact) mass is 370 g/mol. The van der Waals surface area contributed by atoms with Gasteiger partial charge in [-0.25, -0.2) is 0 Å². The summed E-state index contributed by atoms with van der Waals surface area (Å²) in [5.74, 6) is -0.105. The predicted octanol–water partition coefficient (Wildman–Crippen LogP) is 4.47. The maximum absolute atomic E-state index is 12.6. The zero-order valence-electron chi connectivity index (χ0n) is 15.5. The Morgan fingerprint density at radius 1 is 0.929 bits per heavy atom. The minimum absolute atomic E-state index is 0.0377. The molecule has 4 rings (SSSR count). The van der Waals surface area contributed by atoms with E-state index in [4.69, 9.17) is 4.84 Å². The maximum atomic E-state index is 12.6. The third-order valence-corrected chi connectivity index (χ3v) is 4.79. The van der Waals surface area contributed by atoms with Crippen LogP contribution in [-0.2, 0) is 11.3 Å². The summed E-state index contributed by atoms with van der Waals surface area (Å²) in [6.45, 7) is 0.402. The van der Waals surface area contributed by atoms with Crippen molar-refractivity contribution < 1.29 is 9.63 Å². The quantitative estimate of drug-likeness (QED) is 0.696. The standard InChI is InChI=1S/C24H22N2O2/c27-24(21-13-7-12-20(15-21)19-10-5-2-6-11-19)25-17-22-16-23(28-26-22)14-18-8-3-1-4-9-18/h1-13,15,23H,14,16-17H2,(H,25,27). The van der Waals surface area contributed by atoms with Gasteiger partial charge in [-0.05, 0) is 28.8 Å². The van der Waals surface area contributed by atoms with Crippen LogP contribution in [0.4, 0.5) is 0 Å². The van der Waals surface area contributed by atoms with Crippen LogP contribution in [0.3, 0.4) is 0 Å². The van der Waals surface area contributed by atoms with Crippen molar-refractivity contribution in [3.63, 3.8) is 0 Å². The van der Waals surface area contributed by atoms with E-state index in [0.717, 1.165) is 29.7 Å². The van der Waals surface area contributed by atoms with E-state index in [9.17, 15) is 4.79 Å². The number of rotatable bonds is 6. The molecule has 1 atom stereocenters. The normalized spacial score (nSPS) is 15.6. The molecule has 3 aromatic carbocycles. The average molecular weight is 370 g/mol. The van der Waals surface area contributed by atoms with Crippen molar-refractivity contribution in [3.8, 4) is 11.1 Å². The topological polar surface area (TPSA) is 50.7 Å². The Labute approximate surface area is 164 Å². The molecule has 0 radical (unpaired) electrons. The second-order valence-corrected chi connectivity index (χ2v) is 6.91. The highest BCUT2D eigenvalue weighted by Crippen LogP contribution is 2.20. The molecule has 0 aromatic heterocycles. The molecule has 3 aromatic rings. The van der Waals surface area contributed by atoms with Crippen molar-refractivity contribution in [2.75, 3.05) is 6.54 Å². The van der Waals surface area contributed by atoms with E-state index in [-0.39, 0.29) is 12.0 Å². The van der Waals surface area contributed by atoms with Gasteiger partial charge in [0, 0.05) is 18.4 Å². The van der Waals surface area contributed by atoms with E-state index in [1.54, 1.807) is 0 Å². The van der Waals surface area contributed by atoms with Crippen LogP contribution in [0.15, 0.2) is 90.1 Å². The summed E-state index contributed by atoms with van der Waals surface area (Å²) in [5.41, 5.74) is 4.85. The van der Waals surface area contributed by atoms with Gasteiger partial charge in [-0.1, -0.05) is 78.0 Å². The molecule has 0 saturated heterocycles. The first kappa shape index (κ1) is 18.0. The Morgan fingerprint density at radius 3 is 2.43 bits per heavy atom. The molecule has 4 nitrogen and oxygen atoms in total. The SMILES string of the molecule is O=C(NCC1=NOC(Cc2ccccc2)C1)c1cccc(-c2ccccc2)c1. The van der Waals surface area contributed by atoms with Crippen LogP contribution in [0.2, 0.25) is 0 Å². The molecule has 1 amide bonds. The van der Waals surface area contributed by atoms with E-state index < -0.39 is 0 Å². The Hall–Kier alpha value is -3.40. The summed E-state index contributed by atoms with van der Waals surface area (Å²) >= 11 is 0. The van der Waals surface area contributed by atoms with Gasteiger partial charge in [0.1, 0.15) is 6.10 Å². The molecule has 4 heteroatoms. The van der Waals surface area contributed by atoms with Crippen LogP contribution in [0.1, 0.15) is 22.3 Å². The fourth-order valence-electron chi connectivity index (χ4n) is 3.33. The summed E-state index contributed by atoms with van der Waals surface area (Å²) in [6, 6.07) is 27.9. The third kappa shape index (κ3) is 4.46. The van der Waals surface area contributed by atoms with Crippen LogP contribution < -0.4 is 5.32 Å². The van der Waals surface area contributed by atoms with Gasteiger partial charge in [-0.15, -0.1) is 0 Å². The Morgan fingerprint density at radius 2 is 1.64 bits per heavy atom. The largest absolute Gasteiger partial charge is 0.392 e. The lowest BCUT2D eigenvalue weighted by atomic mass is 10.0. The third-order valence-electron chi connectivity index (χ3n) is 4.79. The Balaban J connectivity index is 1.31. The zero-order chi connectivity index (χ0) is 19.2. The molecule has 0 spiro atoms. The van der Waals surface area contributed by atoms with Crippen LogP contribution in [0.25, 0.3) is 11.1 Å². The lowest BCUT2D eigenvalue weighted by molar-refractivity contribution is 0.0859. The van der Waals surface area contributed by atoms with E-state index in [1.165, 1.54) is 5.56 Å². The number of nitrogens with one attached hydrogen (secondary N) is 1. The van der Waals surface area contributed by atoms with Crippen molar-refractivity contribution in [2.24, 2.45) is 5.16 Å². The summed E-state index contributed by atoms with van der Waals surface area (Å²) < 4.78 is 0. The first-order chi connectivity index (χ1) is 13.8. The first-order valence-corrected chi connectivity index (χ1v) is 9.47. The average Bonchev–Trinajstić information content (AvgIpc) is 3.21. The predicted molar refractivity (Wildman–Crippen MR) is 111 cm³/mol. The molecule has 1 aliphatic heterocycles. The van der Waals surface area contributed by atoms with E-state index in [0.29, 0.717) is 12.1 Å². The number of carbonyl (C=O) groups is 1. The molecule has 1 heterocycles. The van der Waals surface area contributed by atoms with Crippen LogP contribution >= 0.6 is 0 Å². The Kier molecular flexibility index (Phi) is 5.48. The van der Waals surface area contributed by atoms with E-state index in [2.05, 4.69) is 22.6 Å². The minimum Gasteiger partial charge on any atom is -0.392 e. The molecule has 0 bridgehead atoms. The number of hydrogen-bond acceptors (Lipinski definition) is 3. The van der Waals surface area contributed by atoms with Gasteiger partial charge in [-0.2, -0.15) is 0 Å².